The molecular formula is C10H5BrF2N6. The molecule has 0 unspecified atom stereocenters. The fraction of sp³-hybridized carbons (Fsp3) is 0. The number of allylic oxidation sites excluding steroid dienone is 1. The molecule has 9 heteroatoms. The van der Waals surface area contributed by atoms with Crippen molar-refractivity contribution in [3.05, 3.63) is 40.3 Å². The van der Waals surface area contributed by atoms with Gasteiger partial charge in [-0.25, -0.2) is 8.78 Å². The first kappa shape index (κ1) is 13.1. The molecule has 1 aromatic carbocycles. The number of halogens is 3. The largest absolute Gasteiger partial charge is 0.357 e. The predicted molar refractivity (Wildman–Crippen MR) is 65.4 cm³/mol. The number of aromatic nitrogens is 4. The maximum Gasteiger partial charge on any atom is 0.216 e. The summed E-state index contributed by atoms with van der Waals surface area (Å²) in [5.74, 6) is -1.44. The average molecular weight is 327 g/mol. The standard InChI is InChI=1S/C10H5BrF2N6/c11-7-1-6(12)2-8(13)9(7)15-4-5(3-14)10-16-18-19-17-10/h1-2,4,15H,(H,16,17,18,19). The van der Waals surface area contributed by atoms with Crippen molar-refractivity contribution in [3.63, 3.8) is 0 Å². The number of hydrogen-bond acceptors (Lipinski definition) is 5. The summed E-state index contributed by atoms with van der Waals surface area (Å²) in [6, 6.07) is 3.65. The van der Waals surface area contributed by atoms with Crippen LogP contribution in [0.4, 0.5) is 14.5 Å². The normalized spacial score (nSPS) is 11.2. The van der Waals surface area contributed by atoms with Crippen LogP contribution in [-0.2, 0) is 0 Å². The van der Waals surface area contributed by atoms with Gasteiger partial charge in [0.2, 0.25) is 5.82 Å². The van der Waals surface area contributed by atoms with E-state index < -0.39 is 11.6 Å². The molecule has 0 spiro atoms. The van der Waals surface area contributed by atoms with Crippen LogP contribution in [0.2, 0.25) is 0 Å². The molecule has 19 heavy (non-hydrogen) atoms. The average Bonchev–Trinajstić information content (AvgIpc) is 2.86. The van der Waals surface area contributed by atoms with E-state index in [1.807, 2.05) is 6.07 Å². The molecule has 0 radical (unpaired) electrons. The summed E-state index contributed by atoms with van der Waals surface area (Å²) < 4.78 is 26.6. The van der Waals surface area contributed by atoms with Crippen LogP contribution in [0.5, 0.6) is 0 Å². The molecule has 0 aliphatic carbocycles. The van der Waals surface area contributed by atoms with Gasteiger partial charge in [0.1, 0.15) is 17.5 Å². The molecule has 1 heterocycles. The minimum absolute atomic E-state index is 0.00218. The Labute approximate surface area is 114 Å². The molecule has 1 aromatic heterocycles. The van der Waals surface area contributed by atoms with Gasteiger partial charge in [0.05, 0.1) is 5.69 Å². The van der Waals surface area contributed by atoms with Crippen molar-refractivity contribution in [2.45, 2.75) is 0 Å². The Morgan fingerprint density at radius 3 is 2.84 bits per heavy atom. The minimum atomic E-state index is -0.798. The summed E-state index contributed by atoms with van der Waals surface area (Å²) >= 11 is 3.01. The van der Waals surface area contributed by atoms with Gasteiger partial charge >= 0.3 is 0 Å². The summed E-state index contributed by atoms with van der Waals surface area (Å²) in [7, 11) is 0. The number of tetrazole rings is 1. The predicted octanol–water partition coefficient (Wildman–Crippen LogP) is 2.22. The van der Waals surface area contributed by atoms with Gasteiger partial charge in [-0.2, -0.15) is 10.5 Å². The Hall–Kier alpha value is -2.34. The molecule has 2 rings (SSSR count). The lowest BCUT2D eigenvalue weighted by atomic mass is 10.2. The van der Waals surface area contributed by atoms with Crippen molar-refractivity contribution in [1.82, 2.24) is 20.6 Å². The third kappa shape index (κ3) is 2.92. The fourth-order valence-corrected chi connectivity index (χ4v) is 1.77. The van der Waals surface area contributed by atoms with Crippen molar-refractivity contribution in [3.8, 4) is 6.07 Å². The highest BCUT2D eigenvalue weighted by molar-refractivity contribution is 9.10. The first-order chi connectivity index (χ1) is 9.11. The van der Waals surface area contributed by atoms with Crippen LogP contribution in [-0.4, -0.2) is 20.6 Å². The number of benzene rings is 1. The second-order valence-corrected chi connectivity index (χ2v) is 4.15. The smallest absolute Gasteiger partial charge is 0.216 e. The summed E-state index contributed by atoms with van der Waals surface area (Å²) in [4.78, 5) is 0. The number of nitrogens with one attached hydrogen (secondary N) is 2. The number of hydrogen-bond donors (Lipinski definition) is 2. The van der Waals surface area contributed by atoms with Crippen LogP contribution in [0, 0.1) is 23.0 Å². The van der Waals surface area contributed by atoms with Crippen LogP contribution in [0.25, 0.3) is 5.57 Å². The quantitative estimate of drug-likeness (QED) is 0.844. The Bertz CT molecular complexity index is 638. The summed E-state index contributed by atoms with van der Waals surface area (Å²) in [5.41, 5.74) is 0.0435. The van der Waals surface area contributed by atoms with Crippen LogP contribution in [0.3, 0.4) is 0 Å². The van der Waals surface area contributed by atoms with Crippen molar-refractivity contribution in [2.24, 2.45) is 0 Å². The number of rotatable bonds is 3. The van der Waals surface area contributed by atoms with Crippen molar-refractivity contribution >= 4 is 27.2 Å². The molecule has 0 aliphatic heterocycles. The van der Waals surface area contributed by atoms with Crippen molar-refractivity contribution < 1.29 is 8.78 Å². The molecular weight excluding hydrogens is 322 g/mol. The van der Waals surface area contributed by atoms with Gasteiger partial charge in [-0.05, 0) is 27.2 Å². The Kier molecular flexibility index (Phi) is 3.82. The Morgan fingerprint density at radius 1 is 1.47 bits per heavy atom. The van der Waals surface area contributed by atoms with E-state index in [0.717, 1.165) is 12.1 Å². The lowest BCUT2D eigenvalue weighted by Crippen LogP contribution is -1.97. The molecule has 0 saturated heterocycles. The van der Waals surface area contributed by atoms with E-state index in [2.05, 4.69) is 41.9 Å². The zero-order valence-corrected chi connectivity index (χ0v) is 10.7. The van der Waals surface area contributed by atoms with E-state index in [4.69, 9.17) is 5.26 Å². The number of nitrogens with zero attached hydrogens (tertiary/aromatic N) is 4. The number of aromatic amines is 1. The Balaban J connectivity index is 2.30. The first-order valence-electron chi connectivity index (χ1n) is 4.87. The van der Waals surface area contributed by atoms with Gasteiger partial charge in [-0.15, -0.1) is 10.2 Å². The molecule has 0 amide bonds. The zero-order chi connectivity index (χ0) is 13.8. The van der Waals surface area contributed by atoms with Crippen LogP contribution >= 0.6 is 15.9 Å². The van der Waals surface area contributed by atoms with E-state index >= 15 is 0 Å². The lowest BCUT2D eigenvalue weighted by Gasteiger charge is -2.06. The van der Waals surface area contributed by atoms with Crippen molar-refractivity contribution in [1.29, 1.82) is 5.26 Å². The molecule has 6 nitrogen and oxygen atoms in total. The topological polar surface area (TPSA) is 90.3 Å². The monoisotopic (exact) mass is 326 g/mol. The Morgan fingerprint density at radius 2 is 2.26 bits per heavy atom. The number of anilines is 1. The van der Waals surface area contributed by atoms with Gasteiger partial charge in [-0.1, -0.05) is 0 Å². The van der Waals surface area contributed by atoms with E-state index in [1.165, 1.54) is 6.20 Å². The summed E-state index contributed by atoms with van der Waals surface area (Å²) in [5, 5.41) is 24.2. The molecule has 2 aromatic rings. The van der Waals surface area contributed by atoms with Gasteiger partial charge in [0, 0.05) is 16.7 Å². The molecule has 0 saturated carbocycles. The highest BCUT2D eigenvalue weighted by atomic mass is 79.9. The van der Waals surface area contributed by atoms with Crippen LogP contribution in [0.1, 0.15) is 5.82 Å². The lowest BCUT2D eigenvalue weighted by molar-refractivity contribution is 0.584. The third-order valence-electron chi connectivity index (χ3n) is 2.07. The first-order valence-corrected chi connectivity index (χ1v) is 5.66. The maximum absolute atomic E-state index is 13.5. The molecule has 0 aliphatic rings. The van der Waals surface area contributed by atoms with Gasteiger partial charge in [0.25, 0.3) is 0 Å². The molecule has 0 bridgehead atoms. The minimum Gasteiger partial charge on any atom is -0.357 e. The zero-order valence-electron chi connectivity index (χ0n) is 9.15. The third-order valence-corrected chi connectivity index (χ3v) is 2.70. The van der Waals surface area contributed by atoms with Gasteiger partial charge in [-0.3, -0.25) is 0 Å². The SMILES string of the molecule is N#CC(=CNc1c(F)cc(F)cc1Br)c1nn[nH]n1. The second kappa shape index (κ2) is 5.53. The van der Waals surface area contributed by atoms with Gasteiger partial charge < -0.3 is 5.32 Å². The molecule has 0 atom stereocenters. The molecule has 2 N–H and O–H groups in total. The molecule has 0 fully saturated rings. The van der Waals surface area contributed by atoms with E-state index in [0.29, 0.717) is 0 Å². The second-order valence-electron chi connectivity index (χ2n) is 3.29. The van der Waals surface area contributed by atoms with E-state index in [9.17, 15) is 8.78 Å². The van der Waals surface area contributed by atoms with Gasteiger partial charge in [0.15, 0.2) is 5.82 Å². The van der Waals surface area contributed by atoms with Crippen LogP contribution < -0.4 is 5.32 Å². The summed E-state index contributed by atoms with van der Waals surface area (Å²) in [6.07, 6.45) is 1.20. The molecule has 96 valence electrons. The van der Waals surface area contributed by atoms with E-state index in [1.54, 1.807) is 0 Å². The number of H-pyrrole nitrogens is 1. The highest BCUT2D eigenvalue weighted by Crippen LogP contribution is 2.27. The van der Waals surface area contributed by atoms with Crippen molar-refractivity contribution in [2.75, 3.05) is 5.32 Å². The summed E-state index contributed by atoms with van der Waals surface area (Å²) in [6.45, 7) is 0. The fourth-order valence-electron chi connectivity index (χ4n) is 1.25. The van der Waals surface area contributed by atoms with Crippen LogP contribution in [0.15, 0.2) is 22.8 Å². The maximum atomic E-state index is 13.5. The number of nitriles is 1. The highest BCUT2D eigenvalue weighted by Gasteiger charge is 2.10. The van der Waals surface area contributed by atoms with E-state index in [-0.39, 0.29) is 21.6 Å².